The first-order valence-electron chi connectivity index (χ1n) is 5.82. The monoisotopic (exact) mass is 292 g/mol. The first kappa shape index (κ1) is 14.1. The molecule has 0 aliphatic carbocycles. The third-order valence-electron chi connectivity index (χ3n) is 2.74. The number of aromatic carboxylic acids is 1. The third kappa shape index (κ3) is 3.19. The first-order chi connectivity index (χ1) is 9.49. The van der Waals surface area contributed by atoms with Crippen LogP contribution < -0.4 is 10.1 Å². The van der Waals surface area contributed by atoms with Crippen LogP contribution in [0.5, 0.6) is 5.75 Å². The second-order valence-electron chi connectivity index (χ2n) is 4.17. The molecule has 1 aromatic carbocycles. The molecule has 104 valence electrons. The van der Waals surface area contributed by atoms with Gasteiger partial charge in [-0.2, -0.15) is 0 Å². The minimum Gasteiger partial charge on any atom is -0.497 e. The van der Waals surface area contributed by atoms with Gasteiger partial charge in [0.05, 0.1) is 12.7 Å². The Kier molecular flexibility index (Phi) is 4.10. The van der Waals surface area contributed by atoms with Gasteiger partial charge in [-0.25, -0.2) is 9.78 Å². The molecule has 6 heteroatoms. The topological polar surface area (TPSA) is 71.5 Å². The summed E-state index contributed by atoms with van der Waals surface area (Å²) in [6, 6.07) is 8.23. The van der Waals surface area contributed by atoms with Gasteiger partial charge >= 0.3 is 5.97 Å². The minimum absolute atomic E-state index is 0.0821. The van der Waals surface area contributed by atoms with Crippen molar-refractivity contribution in [2.75, 3.05) is 12.4 Å². The predicted molar refractivity (Wildman–Crippen MR) is 77.2 cm³/mol. The molecule has 0 bridgehead atoms. The smallest absolute Gasteiger partial charge is 0.335 e. The molecular formula is C14H13ClN2O3. The lowest BCUT2D eigenvalue weighted by Crippen LogP contribution is -2.01. The number of nitrogens with one attached hydrogen (secondary N) is 1. The molecule has 0 amide bonds. The maximum absolute atomic E-state index is 11.0. The molecule has 2 rings (SSSR count). The Balaban J connectivity index is 2.32. The molecule has 0 saturated carbocycles. The van der Waals surface area contributed by atoms with Gasteiger partial charge in [0.15, 0.2) is 0 Å². The highest BCUT2D eigenvalue weighted by Gasteiger charge is 2.09. The average molecular weight is 293 g/mol. The molecule has 20 heavy (non-hydrogen) atoms. The summed E-state index contributed by atoms with van der Waals surface area (Å²) in [4.78, 5) is 15.0. The van der Waals surface area contributed by atoms with Gasteiger partial charge in [0, 0.05) is 5.69 Å². The molecule has 2 aromatic rings. The lowest BCUT2D eigenvalue weighted by atomic mass is 10.2. The van der Waals surface area contributed by atoms with Gasteiger partial charge in [-0.05, 0) is 42.8 Å². The summed E-state index contributed by atoms with van der Waals surface area (Å²) in [5.41, 5.74) is 1.83. The molecule has 0 atom stereocenters. The number of hydrogen-bond acceptors (Lipinski definition) is 4. The highest BCUT2D eigenvalue weighted by atomic mass is 35.5. The van der Waals surface area contributed by atoms with Crippen LogP contribution in [0.1, 0.15) is 15.9 Å². The zero-order chi connectivity index (χ0) is 14.7. The second kappa shape index (κ2) is 5.79. The second-order valence-corrected chi connectivity index (χ2v) is 4.56. The van der Waals surface area contributed by atoms with Crippen LogP contribution in [0.4, 0.5) is 11.5 Å². The maximum atomic E-state index is 11.0. The normalized spacial score (nSPS) is 10.2. The van der Waals surface area contributed by atoms with Gasteiger partial charge < -0.3 is 15.2 Å². The summed E-state index contributed by atoms with van der Waals surface area (Å²) in [5, 5.41) is 12.2. The van der Waals surface area contributed by atoms with Gasteiger partial charge in [0.25, 0.3) is 0 Å². The number of nitrogens with zero attached hydrogens (tertiary/aromatic N) is 1. The number of methoxy groups -OCH3 is 1. The maximum Gasteiger partial charge on any atom is 0.335 e. The average Bonchev–Trinajstić information content (AvgIpc) is 2.40. The summed E-state index contributed by atoms with van der Waals surface area (Å²) in [6.07, 6.45) is 0. The zero-order valence-electron chi connectivity index (χ0n) is 11.0. The van der Waals surface area contributed by atoms with Crippen LogP contribution in [-0.2, 0) is 0 Å². The van der Waals surface area contributed by atoms with Crippen molar-refractivity contribution in [2.24, 2.45) is 0 Å². The predicted octanol–water partition coefficient (Wildman–Crippen LogP) is 3.49. The number of ether oxygens (including phenoxy) is 1. The fourth-order valence-corrected chi connectivity index (χ4v) is 1.93. The molecule has 5 nitrogen and oxygen atoms in total. The number of halogens is 1. The van der Waals surface area contributed by atoms with Crippen LogP contribution in [-0.4, -0.2) is 23.2 Å². The Hall–Kier alpha value is -2.27. The molecule has 0 unspecified atom stereocenters. The van der Waals surface area contributed by atoms with Gasteiger partial charge in [0.1, 0.15) is 16.7 Å². The molecule has 0 spiro atoms. The number of aromatic nitrogens is 1. The van der Waals surface area contributed by atoms with Crippen LogP contribution in [0, 0.1) is 6.92 Å². The van der Waals surface area contributed by atoms with Crippen LogP contribution in [0.3, 0.4) is 0 Å². The van der Waals surface area contributed by atoms with Crippen molar-refractivity contribution in [3.63, 3.8) is 0 Å². The van der Waals surface area contributed by atoms with Crippen molar-refractivity contribution >= 4 is 29.1 Å². The number of pyridine rings is 1. The van der Waals surface area contributed by atoms with Crippen molar-refractivity contribution in [1.29, 1.82) is 0 Å². The number of anilines is 2. The fraction of sp³-hybridized carbons (Fsp3) is 0.143. The number of carboxylic acids is 1. The van der Waals surface area contributed by atoms with Crippen LogP contribution in [0.25, 0.3) is 0 Å². The Morgan fingerprint density at radius 1 is 1.35 bits per heavy atom. The van der Waals surface area contributed by atoms with Gasteiger partial charge in [0.2, 0.25) is 0 Å². The van der Waals surface area contributed by atoms with Gasteiger partial charge in [-0.15, -0.1) is 0 Å². The van der Waals surface area contributed by atoms with E-state index in [4.69, 9.17) is 21.4 Å². The van der Waals surface area contributed by atoms with E-state index in [9.17, 15) is 4.79 Å². The number of carboxylic acid groups (broad SMARTS) is 1. The third-order valence-corrected chi connectivity index (χ3v) is 2.93. The van der Waals surface area contributed by atoms with Crippen LogP contribution in [0.15, 0.2) is 30.3 Å². The molecule has 0 aliphatic heterocycles. The van der Waals surface area contributed by atoms with Gasteiger partial charge in [-0.3, -0.25) is 0 Å². The minimum atomic E-state index is -1.05. The van der Waals surface area contributed by atoms with Crippen LogP contribution >= 0.6 is 11.6 Å². The van der Waals surface area contributed by atoms with Crippen molar-refractivity contribution in [1.82, 2.24) is 4.98 Å². The van der Waals surface area contributed by atoms with E-state index in [1.807, 2.05) is 19.1 Å². The molecular weight excluding hydrogens is 280 g/mol. The summed E-state index contributed by atoms with van der Waals surface area (Å²) in [5.74, 6) is 0.0743. The molecule has 0 saturated heterocycles. The molecule has 0 fully saturated rings. The highest BCUT2D eigenvalue weighted by Crippen LogP contribution is 2.25. The molecule has 2 N–H and O–H groups in total. The van der Waals surface area contributed by atoms with E-state index in [2.05, 4.69) is 10.3 Å². The SMILES string of the molecule is COc1ccc(Nc2cc(C(=O)O)cc(Cl)n2)c(C)c1. The Morgan fingerprint density at radius 2 is 2.10 bits per heavy atom. The molecule has 0 radical (unpaired) electrons. The molecule has 1 heterocycles. The van der Waals surface area contributed by atoms with E-state index in [1.54, 1.807) is 13.2 Å². The Bertz CT molecular complexity index is 659. The standard InChI is InChI=1S/C14H13ClN2O3/c1-8-5-10(20-2)3-4-11(8)16-13-7-9(14(18)19)6-12(15)17-13/h3-7H,1-2H3,(H,16,17)(H,18,19). The first-order valence-corrected chi connectivity index (χ1v) is 6.20. The highest BCUT2D eigenvalue weighted by molar-refractivity contribution is 6.29. The van der Waals surface area contributed by atoms with E-state index in [-0.39, 0.29) is 10.7 Å². The number of rotatable bonds is 4. The van der Waals surface area contributed by atoms with Crippen molar-refractivity contribution < 1.29 is 14.6 Å². The summed E-state index contributed by atoms with van der Waals surface area (Å²) in [7, 11) is 1.60. The summed E-state index contributed by atoms with van der Waals surface area (Å²) >= 11 is 5.81. The quantitative estimate of drug-likeness (QED) is 0.844. The van der Waals surface area contributed by atoms with Crippen molar-refractivity contribution in [3.05, 3.63) is 46.6 Å². The summed E-state index contributed by atoms with van der Waals surface area (Å²) in [6.45, 7) is 1.91. The van der Waals surface area contributed by atoms with Crippen molar-refractivity contribution in [3.8, 4) is 5.75 Å². The Morgan fingerprint density at radius 3 is 2.70 bits per heavy atom. The van der Waals surface area contributed by atoms with E-state index < -0.39 is 5.97 Å². The molecule has 0 aliphatic rings. The Labute approximate surface area is 121 Å². The van der Waals surface area contributed by atoms with E-state index in [0.29, 0.717) is 5.82 Å². The van der Waals surface area contributed by atoms with E-state index in [1.165, 1.54) is 12.1 Å². The fourth-order valence-electron chi connectivity index (χ4n) is 1.73. The lowest BCUT2D eigenvalue weighted by Gasteiger charge is -2.11. The van der Waals surface area contributed by atoms with Crippen molar-refractivity contribution in [2.45, 2.75) is 6.92 Å². The number of hydrogen-bond donors (Lipinski definition) is 2. The summed E-state index contributed by atoms with van der Waals surface area (Å²) < 4.78 is 5.13. The largest absolute Gasteiger partial charge is 0.497 e. The van der Waals surface area contributed by atoms with Gasteiger partial charge in [-0.1, -0.05) is 11.6 Å². The number of carbonyl (C=O) groups is 1. The van der Waals surface area contributed by atoms with Crippen LogP contribution in [0.2, 0.25) is 5.15 Å². The number of aryl methyl sites for hydroxylation is 1. The van der Waals surface area contributed by atoms with E-state index >= 15 is 0 Å². The lowest BCUT2D eigenvalue weighted by molar-refractivity contribution is 0.0697. The number of benzene rings is 1. The zero-order valence-corrected chi connectivity index (χ0v) is 11.7. The van der Waals surface area contributed by atoms with E-state index in [0.717, 1.165) is 17.0 Å². The molecule has 1 aromatic heterocycles.